The van der Waals surface area contributed by atoms with Crippen LogP contribution in [0.2, 0.25) is 0 Å². The van der Waals surface area contributed by atoms with Crippen molar-refractivity contribution >= 4 is 23.5 Å². The summed E-state index contributed by atoms with van der Waals surface area (Å²) < 4.78 is 5.33. The van der Waals surface area contributed by atoms with Gasteiger partial charge in [0.2, 0.25) is 5.91 Å². The number of carbonyl (C=O) groups is 3. The van der Waals surface area contributed by atoms with Gasteiger partial charge < -0.3 is 15.4 Å². The number of aryl methyl sites for hydroxylation is 1. The number of rotatable bonds is 6. The topological polar surface area (TPSA) is 87.7 Å². The van der Waals surface area contributed by atoms with Gasteiger partial charge >= 0.3 is 6.03 Å². The number of anilines is 1. The lowest BCUT2D eigenvalue weighted by Crippen LogP contribution is -2.46. The first kappa shape index (κ1) is 19.4. The quantitative estimate of drug-likeness (QED) is 0.753. The number of nitrogens with zero attached hydrogens (tertiary/aromatic N) is 1. The summed E-state index contributed by atoms with van der Waals surface area (Å²) in [5.74, 6) is -0.236. The first-order valence-electron chi connectivity index (χ1n) is 8.95. The molecular formula is C21H23N3O4. The molecule has 146 valence electrons. The van der Waals surface area contributed by atoms with Crippen molar-refractivity contribution in [2.24, 2.45) is 0 Å². The van der Waals surface area contributed by atoms with Gasteiger partial charge in [-0.2, -0.15) is 0 Å². The molecule has 0 spiro atoms. The van der Waals surface area contributed by atoms with Gasteiger partial charge in [-0.25, -0.2) is 4.79 Å². The maximum atomic E-state index is 12.9. The van der Waals surface area contributed by atoms with Crippen LogP contribution < -0.4 is 15.4 Å². The van der Waals surface area contributed by atoms with Crippen LogP contribution in [0.1, 0.15) is 18.1 Å². The Morgan fingerprint density at radius 3 is 2.64 bits per heavy atom. The second-order valence-corrected chi connectivity index (χ2v) is 7.06. The van der Waals surface area contributed by atoms with Crippen molar-refractivity contribution in [1.82, 2.24) is 10.2 Å². The molecule has 2 N–H and O–H groups in total. The number of hydrogen-bond donors (Lipinski definition) is 2. The molecule has 7 nitrogen and oxygen atoms in total. The first-order chi connectivity index (χ1) is 13.3. The minimum atomic E-state index is -1.14. The Morgan fingerprint density at radius 2 is 1.93 bits per heavy atom. The Morgan fingerprint density at radius 1 is 1.18 bits per heavy atom. The molecule has 1 aliphatic heterocycles. The molecule has 2 aromatic rings. The Hall–Kier alpha value is -3.35. The molecule has 2 aromatic carbocycles. The number of carbonyl (C=O) groups excluding carboxylic acids is 3. The summed E-state index contributed by atoms with van der Waals surface area (Å²) in [6.07, 6.45) is 0.261. The summed E-state index contributed by atoms with van der Waals surface area (Å²) in [5.41, 5.74) is 1.27. The highest BCUT2D eigenvalue weighted by molar-refractivity contribution is 6.10. The summed E-state index contributed by atoms with van der Waals surface area (Å²) in [4.78, 5) is 38.6. The van der Waals surface area contributed by atoms with E-state index in [1.807, 2.05) is 43.3 Å². The average molecular weight is 381 g/mol. The van der Waals surface area contributed by atoms with Crippen LogP contribution in [0, 0.1) is 6.92 Å². The minimum Gasteiger partial charge on any atom is -0.496 e. The SMILES string of the molecule is COc1ccccc1C[C@@]1(C)NC(=O)N(CC(=O)Nc2cccc(C)c2)C1=O. The number of amides is 4. The second kappa shape index (κ2) is 7.72. The van der Waals surface area contributed by atoms with Crippen LogP contribution >= 0.6 is 0 Å². The molecule has 0 aliphatic carbocycles. The first-order valence-corrected chi connectivity index (χ1v) is 8.95. The number of hydrogen-bond acceptors (Lipinski definition) is 4. The maximum Gasteiger partial charge on any atom is 0.325 e. The highest BCUT2D eigenvalue weighted by atomic mass is 16.5. The summed E-state index contributed by atoms with van der Waals surface area (Å²) >= 11 is 0. The van der Waals surface area contributed by atoms with E-state index in [0.29, 0.717) is 11.4 Å². The van der Waals surface area contributed by atoms with E-state index < -0.39 is 23.4 Å². The van der Waals surface area contributed by atoms with Gasteiger partial charge in [0.05, 0.1) is 7.11 Å². The normalized spacial score (nSPS) is 18.8. The molecule has 7 heteroatoms. The predicted octanol–water partition coefficient (Wildman–Crippen LogP) is 2.50. The van der Waals surface area contributed by atoms with Crippen LogP contribution in [0.4, 0.5) is 10.5 Å². The maximum absolute atomic E-state index is 12.9. The van der Waals surface area contributed by atoms with E-state index in [1.165, 1.54) is 0 Å². The number of para-hydroxylation sites is 1. The summed E-state index contributed by atoms with van der Waals surface area (Å²) in [6, 6.07) is 14.0. The standard InChI is InChI=1S/C21H23N3O4/c1-14-7-6-9-16(11-14)22-18(25)13-24-19(26)21(2,23-20(24)27)12-15-8-4-5-10-17(15)28-3/h4-11H,12-13H2,1-3H3,(H,22,25)(H,23,27)/t21-/m1/s1. The van der Waals surface area contributed by atoms with E-state index >= 15 is 0 Å². The highest BCUT2D eigenvalue weighted by Gasteiger charge is 2.48. The molecule has 28 heavy (non-hydrogen) atoms. The van der Waals surface area contributed by atoms with Gasteiger partial charge in [-0.3, -0.25) is 14.5 Å². The van der Waals surface area contributed by atoms with E-state index in [-0.39, 0.29) is 13.0 Å². The average Bonchev–Trinajstić information content (AvgIpc) is 2.85. The second-order valence-electron chi connectivity index (χ2n) is 7.06. The lowest BCUT2D eigenvalue weighted by Gasteiger charge is -2.22. The van der Waals surface area contributed by atoms with Crippen molar-refractivity contribution in [2.45, 2.75) is 25.8 Å². The third kappa shape index (κ3) is 3.98. The van der Waals surface area contributed by atoms with Crippen molar-refractivity contribution in [3.63, 3.8) is 0 Å². The van der Waals surface area contributed by atoms with Crippen molar-refractivity contribution < 1.29 is 19.1 Å². The van der Waals surface area contributed by atoms with Crippen molar-refractivity contribution in [2.75, 3.05) is 19.0 Å². The van der Waals surface area contributed by atoms with Gasteiger partial charge in [-0.15, -0.1) is 0 Å². The Balaban J connectivity index is 1.71. The van der Waals surface area contributed by atoms with Crippen LogP contribution in [0.25, 0.3) is 0 Å². The number of urea groups is 1. The molecular weight excluding hydrogens is 358 g/mol. The summed E-state index contributed by atoms with van der Waals surface area (Å²) in [5, 5.41) is 5.42. The fraction of sp³-hybridized carbons (Fsp3) is 0.286. The Kier molecular flexibility index (Phi) is 5.35. The summed E-state index contributed by atoms with van der Waals surface area (Å²) in [7, 11) is 1.55. The van der Waals surface area contributed by atoms with Gasteiger partial charge in [0.25, 0.3) is 5.91 Å². The van der Waals surface area contributed by atoms with Crippen molar-refractivity contribution in [3.8, 4) is 5.75 Å². The van der Waals surface area contributed by atoms with E-state index in [0.717, 1.165) is 16.0 Å². The number of benzene rings is 2. The third-order valence-electron chi connectivity index (χ3n) is 4.69. The lowest BCUT2D eigenvalue weighted by atomic mass is 9.92. The van der Waals surface area contributed by atoms with Crippen LogP contribution in [0.15, 0.2) is 48.5 Å². The Bertz CT molecular complexity index is 927. The van der Waals surface area contributed by atoms with Crippen LogP contribution in [0.5, 0.6) is 5.75 Å². The van der Waals surface area contributed by atoms with Gasteiger partial charge in [0.1, 0.15) is 17.8 Å². The van der Waals surface area contributed by atoms with Crippen LogP contribution in [-0.2, 0) is 16.0 Å². The minimum absolute atomic E-state index is 0.261. The number of methoxy groups -OCH3 is 1. The highest BCUT2D eigenvalue weighted by Crippen LogP contribution is 2.27. The molecule has 0 saturated carbocycles. The van der Waals surface area contributed by atoms with E-state index in [2.05, 4.69) is 10.6 Å². The molecule has 1 aliphatic rings. The fourth-order valence-corrected chi connectivity index (χ4v) is 3.31. The molecule has 0 aromatic heterocycles. The molecule has 4 amide bonds. The molecule has 0 unspecified atom stereocenters. The lowest BCUT2D eigenvalue weighted by molar-refractivity contribution is -0.133. The number of nitrogens with one attached hydrogen (secondary N) is 2. The van der Waals surface area contributed by atoms with Gasteiger partial charge in [-0.1, -0.05) is 30.3 Å². The van der Waals surface area contributed by atoms with Gasteiger partial charge in [0, 0.05) is 12.1 Å². The molecule has 1 heterocycles. The third-order valence-corrected chi connectivity index (χ3v) is 4.69. The predicted molar refractivity (Wildman–Crippen MR) is 105 cm³/mol. The largest absolute Gasteiger partial charge is 0.496 e. The van der Waals surface area contributed by atoms with Gasteiger partial charge in [-0.05, 0) is 43.2 Å². The van der Waals surface area contributed by atoms with Gasteiger partial charge in [0.15, 0.2) is 0 Å². The summed E-state index contributed by atoms with van der Waals surface area (Å²) in [6.45, 7) is 3.22. The van der Waals surface area contributed by atoms with Crippen molar-refractivity contribution in [1.29, 1.82) is 0 Å². The van der Waals surface area contributed by atoms with Crippen LogP contribution in [-0.4, -0.2) is 41.9 Å². The van der Waals surface area contributed by atoms with Crippen molar-refractivity contribution in [3.05, 3.63) is 59.7 Å². The molecule has 0 radical (unpaired) electrons. The zero-order chi connectivity index (χ0) is 20.3. The zero-order valence-corrected chi connectivity index (χ0v) is 16.1. The van der Waals surface area contributed by atoms with Crippen LogP contribution in [0.3, 0.4) is 0 Å². The van der Waals surface area contributed by atoms with E-state index in [9.17, 15) is 14.4 Å². The Labute approximate surface area is 163 Å². The monoisotopic (exact) mass is 381 g/mol. The molecule has 0 bridgehead atoms. The smallest absolute Gasteiger partial charge is 0.325 e. The zero-order valence-electron chi connectivity index (χ0n) is 16.1. The molecule has 1 saturated heterocycles. The fourth-order valence-electron chi connectivity index (χ4n) is 3.31. The molecule has 1 atom stereocenters. The molecule has 1 fully saturated rings. The molecule has 3 rings (SSSR count). The van der Waals surface area contributed by atoms with E-state index in [1.54, 1.807) is 26.2 Å². The number of imide groups is 1. The number of ether oxygens (including phenoxy) is 1. The van der Waals surface area contributed by atoms with E-state index in [4.69, 9.17) is 4.74 Å².